The molecule has 1 aliphatic rings. The van der Waals surface area contributed by atoms with Crippen molar-refractivity contribution < 1.29 is 0 Å². The van der Waals surface area contributed by atoms with Crippen molar-refractivity contribution in [3.63, 3.8) is 0 Å². The van der Waals surface area contributed by atoms with Crippen molar-refractivity contribution in [3.8, 4) is 0 Å². The summed E-state index contributed by atoms with van der Waals surface area (Å²) < 4.78 is 0. The maximum atomic E-state index is 3.78. The summed E-state index contributed by atoms with van der Waals surface area (Å²) >= 11 is 1.78. The molecule has 0 radical (unpaired) electrons. The maximum Gasteiger partial charge on any atom is 0.0328 e. The first-order valence-electron chi connectivity index (χ1n) is 6.70. The van der Waals surface area contributed by atoms with Gasteiger partial charge in [-0.2, -0.15) is 11.3 Å². The molecule has 0 aliphatic heterocycles. The van der Waals surface area contributed by atoms with Crippen LogP contribution in [0.25, 0.3) is 0 Å². The van der Waals surface area contributed by atoms with Gasteiger partial charge in [0.15, 0.2) is 0 Å². The van der Waals surface area contributed by atoms with Gasteiger partial charge in [0.05, 0.1) is 0 Å². The van der Waals surface area contributed by atoms with Gasteiger partial charge in [0.2, 0.25) is 0 Å². The van der Waals surface area contributed by atoms with Crippen molar-refractivity contribution in [2.45, 2.75) is 38.3 Å². The van der Waals surface area contributed by atoms with Crippen molar-refractivity contribution >= 4 is 11.3 Å². The highest BCUT2D eigenvalue weighted by molar-refractivity contribution is 7.07. The molecule has 1 aromatic carbocycles. The quantitative estimate of drug-likeness (QED) is 0.855. The Kier molecular flexibility index (Phi) is 3.48. The zero-order valence-electron chi connectivity index (χ0n) is 10.7. The van der Waals surface area contributed by atoms with E-state index in [-0.39, 0.29) is 0 Å². The van der Waals surface area contributed by atoms with E-state index >= 15 is 0 Å². The van der Waals surface area contributed by atoms with E-state index in [9.17, 15) is 0 Å². The Morgan fingerprint density at radius 3 is 3.00 bits per heavy atom. The molecule has 2 atom stereocenters. The second-order valence-corrected chi connectivity index (χ2v) is 5.87. The monoisotopic (exact) mass is 257 g/mol. The number of rotatable bonds is 3. The van der Waals surface area contributed by atoms with Gasteiger partial charge < -0.3 is 5.32 Å². The number of benzene rings is 1. The molecule has 94 valence electrons. The number of thiophene rings is 1. The Bertz CT molecular complexity index is 504. The highest BCUT2D eigenvalue weighted by atomic mass is 32.1. The highest BCUT2D eigenvalue weighted by Crippen LogP contribution is 2.31. The molecular weight excluding hydrogens is 238 g/mol. The fraction of sp³-hybridized carbons (Fsp3) is 0.375. The molecule has 0 spiro atoms. The molecule has 2 unspecified atom stereocenters. The largest absolute Gasteiger partial charge is 0.303 e. The third-order valence-corrected chi connectivity index (χ3v) is 4.57. The van der Waals surface area contributed by atoms with E-state index in [1.807, 2.05) is 0 Å². The lowest BCUT2D eigenvalue weighted by atomic mass is 9.87. The molecule has 18 heavy (non-hydrogen) atoms. The van der Waals surface area contributed by atoms with Crippen LogP contribution in [0.15, 0.2) is 41.1 Å². The lowest BCUT2D eigenvalue weighted by Crippen LogP contribution is -2.27. The smallest absolute Gasteiger partial charge is 0.0328 e. The predicted molar refractivity (Wildman–Crippen MR) is 78.0 cm³/mol. The summed E-state index contributed by atoms with van der Waals surface area (Å²) in [6, 6.07) is 12.1. The van der Waals surface area contributed by atoms with E-state index in [4.69, 9.17) is 0 Å². The predicted octanol–water partition coefficient (Wildman–Crippen LogP) is 4.48. The van der Waals surface area contributed by atoms with E-state index in [1.54, 1.807) is 11.3 Å². The summed E-state index contributed by atoms with van der Waals surface area (Å²) in [6.45, 7) is 2.26. The first-order valence-corrected chi connectivity index (χ1v) is 7.65. The summed E-state index contributed by atoms with van der Waals surface area (Å²) in [5, 5.41) is 8.18. The van der Waals surface area contributed by atoms with Gasteiger partial charge in [0.1, 0.15) is 0 Å². The number of hydrogen-bond acceptors (Lipinski definition) is 2. The lowest BCUT2D eigenvalue weighted by molar-refractivity contribution is 0.416. The SMILES string of the molecule is CC(NC1CCCc2ccccc21)c1ccsc1. The van der Waals surface area contributed by atoms with Crippen LogP contribution in [0.2, 0.25) is 0 Å². The molecule has 1 N–H and O–H groups in total. The van der Waals surface area contributed by atoms with Gasteiger partial charge in [-0.05, 0) is 59.7 Å². The molecular formula is C16H19NS. The lowest BCUT2D eigenvalue weighted by Gasteiger charge is -2.29. The fourth-order valence-corrected chi connectivity index (χ4v) is 3.60. The van der Waals surface area contributed by atoms with Crippen molar-refractivity contribution in [1.29, 1.82) is 0 Å². The Morgan fingerprint density at radius 1 is 1.28 bits per heavy atom. The molecule has 1 nitrogen and oxygen atoms in total. The first kappa shape index (κ1) is 11.9. The van der Waals surface area contributed by atoms with Gasteiger partial charge >= 0.3 is 0 Å². The van der Waals surface area contributed by atoms with E-state index in [0.717, 1.165) is 0 Å². The zero-order valence-corrected chi connectivity index (χ0v) is 11.5. The summed E-state index contributed by atoms with van der Waals surface area (Å²) in [6.07, 6.45) is 3.79. The third kappa shape index (κ3) is 2.36. The van der Waals surface area contributed by atoms with Crippen LogP contribution < -0.4 is 5.32 Å². The van der Waals surface area contributed by atoms with Gasteiger partial charge in [-0.15, -0.1) is 0 Å². The topological polar surface area (TPSA) is 12.0 Å². The minimum absolute atomic E-state index is 0.437. The normalized spacial score (nSPS) is 20.4. The van der Waals surface area contributed by atoms with E-state index in [0.29, 0.717) is 12.1 Å². The van der Waals surface area contributed by atoms with Gasteiger partial charge in [-0.25, -0.2) is 0 Å². The molecule has 2 heteroatoms. The van der Waals surface area contributed by atoms with E-state index in [2.05, 4.69) is 53.3 Å². The van der Waals surface area contributed by atoms with Crippen LogP contribution in [0.1, 0.15) is 48.5 Å². The van der Waals surface area contributed by atoms with Gasteiger partial charge in [-0.1, -0.05) is 24.3 Å². The van der Waals surface area contributed by atoms with Crippen molar-refractivity contribution in [2.24, 2.45) is 0 Å². The Balaban J connectivity index is 1.78. The van der Waals surface area contributed by atoms with Crippen LogP contribution >= 0.6 is 11.3 Å². The molecule has 0 fully saturated rings. The zero-order chi connectivity index (χ0) is 12.4. The van der Waals surface area contributed by atoms with Crippen molar-refractivity contribution in [3.05, 3.63) is 57.8 Å². The van der Waals surface area contributed by atoms with Gasteiger partial charge in [0.25, 0.3) is 0 Å². The van der Waals surface area contributed by atoms with Crippen LogP contribution in [-0.4, -0.2) is 0 Å². The second-order valence-electron chi connectivity index (χ2n) is 5.09. The van der Waals surface area contributed by atoms with Crippen molar-refractivity contribution in [2.75, 3.05) is 0 Å². The number of hydrogen-bond donors (Lipinski definition) is 1. The van der Waals surface area contributed by atoms with Gasteiger partial charge in [-0.3, -0.25) is 0 Å². The Labute approximate surface area is 113 Å². The molecule has 0 saturated carbocycles. The van der Waals surface area contributed by atoms with Crippen LogP contribution in [0, 0.1) is 0 Å². The molecule has 3 rings (SSSR count). The number of fused-ring (bicyclic) bond motifs is 1. The molecule has 0 bridgehead atoms. The molecule has 1 aliphatic carbocycles. The molecule has 1 heterocycles. The van der Waals surface area contributed by atoms with Crippen LogP contribution in [-0.2, 0) is 6.42 Å². The Morgan fingerprint density at radius 2 is 2.17 bits per heavy atom. The molecule has 2 aromatic rings. The Hall–Kier alpha value is -1.12. The minimum Gasteiger partial charge on any atom is -0.303 e. The van der Waals surface area contributed by atoms with Crippen molar-refractivity contribution in [1.82, 2.24) is 5.32 Å². The van der Waals surface area contributed by atoms with Crippen LogP contribution in [0.5, 0.6) is 0 Å². The average molecular weight is 257 g/mol. The summed E-state index contributed by atoms with van der Waals surface area (Å²) in [5.41, 5.74) is 4.44. The number of nitrogens with one attached hydrogen (secondary N) is 1. The molecule has 0 saturated heterocycles. The van der Waals surface area contributed by atoms with Crippen LogP contribution in [0.3, 0.4) is 0 Å². The van der Waals surface area contributed by atoms with Crippen LogP contribution in [0.4, 0.5) is 0 Å². The minimum atomic E-state index is 0.437. The first-order chi connectivity index (χ1) is 8.84. The standard InChI is InChI=1S/C16H19NS/c1-12(14-9-10-18-11-14)17-16-8-4-6-13-5-2-3-7-15(13)16/h2-3,5,7,9-12,16-17H,4,6,8H2,1H3. The maximum absolute atomic E-state index is 3.78. The molecule has 1 aromatic heterocycles. The fourth-order valence-electron chi connectivity index (χ4n) is 2.85. The summed E-state index contributed by atoms with van der Waals surface area (Å²) in [7, 11) is 0. The highest BCUT2D eigenvalue weighted by Gasteiger charge is 2.21. The molecule has 0 amide bonds. The summed E-state index contributed by atoms with van der Waals surface area (Å²) in [4.78, 5) is 0. The van der Waals surface area contributed by atoms with Gasteiger partial charge in [0, 0.05) is 12.1 Å². The van der Waals surface area contributed by atoms with E-state index < -0.39 is 0 Å². The third-order valence-electron chi connectivity index (χ3n) is 3.86. The average Bonchev–Trinajstić information content (AvgIpc) is 2.93. The second kappa shape index (κ2) is 5.25. The summed E-state index contributed by atoms with van der Waals surface area (Å²) in [5.74, 6) is 0. The van der Waals surface area contributed by atoms with E-state index in [1.165, 1.54) is 36.0 Å². The number of aryl methyl sites for hydroxylation is 1.